The Morgan fingerprint density at radius 3 is 2.37 bits per heavy atom. The van der Waals surface area contributed by atoms with E-state index in [1.165, 1.54) is 18.2 Å². The predicted molar refractivity (Wildman–Crippen MR) is 98.4 cm³/mol. The third-order valence-electron chi connectivity index (χ3n) is 4.30. The van der Waals surface area contributed by atoms with Gasteiger partial charge in [0, 0.05) is 18.1 Å². The number of hydrogen-bond acceptors (Lipinski definition) is 3. The van der Waals surface area contributed by atoms with Crippen LogP contribution in [0.1, 0.15) is 29.6 Å². The van der Waals surface area contributed by atoms with Crippen molar-refractivity contribution in [1.29, 1.82) is 0 Å². The Morgan fingerprint density at radius 2 is 1.70 bits per heavy atom. The second kappa shape index (κ2) is 7.82. The van der Waals surface area contributed by atoms with Crippen molar-refractivity contribution in [3.63, 3.8) is 0 Å². The highest BCUT2D eigenvalue weighted by molar-refractivity contribution is 7.92. The summed E-state index contributed by atoms with van der Waals surface area (Å²) in [4.78, 5) is 14.0. The molecule has 1 heterocycles. The number of benzene rings is 2. The standard InChI is InChI=1S/C18H17ClF2N2O3S/c19-12-4-6-14(18(24)23-8-2-1-3-9-23)17(10-12)22-27(25,26)13-5-7-15(20)16(21)11-13/h4-7,10-11,22H,1-3,8-9H2. The van der Waals surface area contributed by atoms with Gasteiger partial charge < -0.3 is 4.90 Å². The molecule has 0 spiro atoms. The molecule has 1 N–H and O–H groups in total. The Balaban J connectivity index is 1.94. The zero-order valence-corrected chi connectivity index (χ0v) is 15.8. The van der Waals surface area contributed by atoms with E-state index in [1.807, 2.05) is 0 Å². The molecule has 0 bridgehead atoms. The Hall–Kier alpha value is -2.19. The van der Waals surface area contributed by atoms with Crippen molar-refractivity contribution < 1.29 is 22.0 Å². The lowest BCUT2D eigenvalue weighted by molar-refractivity contribution is 0.0725. The SMILES string of the molecule is O=C(c1ccc(Cl)cc1NS(=O)(=O)c1ccc(F)c(F)c1)N1CCCCC1. The molecule has 3 rings (SSSR count). The number of likely N-dealkylation sites (tertiary alicyclic amines) is 1. The van der Waals surface area contributed by atoms with Crippen molar-refractivity contribution in [2.75, 3.05) is 17.8 Å². The highest BCUT2D eigenvalue weighted by atomic mass is 35.5. The molecule has 0 unspecified atom stereocenters. The fraction of sp³-hybridized carbons (Fsp3) is 0.278. The summed E-state index contributed by atoms with van der Waals surface area (Å²) in [6, 6.07) is 6.50. The molecule has 0 saturated carbocycles. The molecule has 0 radical (unpaired) electrons. The first-order chi connectivity index (χ1) is 12.8. The van der Waals surface area contributed by atoms with E-state index in [2.05, 4.69) is 4.72 Å². The number of amides is 1. The first kappa shape index (κ1) is 19.6. The van der Waals surface area contributed by atoms with Gasteiger partial charge in [-0.25, -0.2) is 17.2 Å². The molecule has 0 atom stereocenters. The smallest absolute Gasteiger partial charge is 0.262 e. The van der Waals surface area contributed by atoms with Crippen LogP contribution in [0, 0.1) is 11.6 Å². The number of piperidine rings is 1. The van der Waals surface area contributed by atoms with E-state index in [1.54, 1.807) is 4.90 Å². The lowest BCUT2D eigenvalue weighted by atomic mass is 10.1. The van der Waals surface area contributed by atoms with Crippen LogP contribution in [0.15, 0.2) is 41.3 Å². The number of halogens is 3. The van der Waals surface area contributed by atoms with Crippen LogP contribution in [0.5, 0.6) is 0 Å². The molecule has 5 nitrogen and oxygen atoms in total. The molecule has 1 aliphatic rings. The summed E-state index contributed by atoms with van der Waals surface area (Å²) in [5.41, 5.74) is 0.135. The topological polar surface area (TPSA) is 66.5 Å². The summed E-state index contributed by atoms with van der Waals surface area (Å²) in [5.74, 6) is -2.75. The minimum absolute atomic E-state index is 0.0113. The number of rotatable bonds is 4. The van der Waals surface area contributed by atoms with E-state index in [4.69, 9.17) is 11.6 Å². The van der Waals surface area contributed by atoms with Gasteiger partial charge in [0.25, 0.3) is 15.9 Å². The van der Waals surface area contributed by atoms with E-state index < -0.39 is 26.6 Å². The fourth-order valence-corrected chi connectivity index (χ4v) is 4.16. The van der Waals surface area contributed by atoms with Crippen molar-refractivity contribution in [1.82, 2.24) is 4.90 Å². The molecule has 144 valence electrons. The third kappa shape index (κ3) is 4.39. The van der Waals surface area contributed by atoms with Gasteiger partial charge in [-0.2, -0.15) is 0 Å². The molecule has 0 aromatic heterocycles. The second-order valence-corrected chi connectivity index (χ2v) is 8.34. The number of anilines is 1. The number of carbonyl (C=O) groups is 1. The van der Waals surface area contributed by atoms with Crippen LogP contribution < -0.4 is 4.72 Å². The fourth-order valence-electron chi connectivity index (χ4n) is 2.90. The molecule has 1 saturated heterocycles. The Labute approximate surface area is 161 Å². The second-order valence-electron chi connectivity index (χ2n) is 6.22. The Kier molecular flexibility index (Phi) is 5.67. The highest BCUT2D eigenvalue weighted by Gasteiger charge is 2.24. The zero-order chi connectivity index (χ0) is 19.6. The molecular weight excluding hydrogens is 398 g/mol. The average molecular weight is 415 g/mol. The summed E-state index contributed by atoms with van der Waals surface area (Å²) < 4.78 is 53.9. The number of sulfonamides is 1. The maximum Gasteiger partial charge on any atom is 0.262 e. The van der Waals surface area contributed by atoms with Crippen molar-refractivity contribution >= 4 is 33.2 Å². The quantitative estimate of drug-likeness (QED) is 0.820. The van der Waals surface area contributed by atoms with Gasteiger partial charge in [-0.05, 0) is 55.7 Å². The van der Waals surface area contributed by atoms with Crippen LogP contribution in [-0.2, 0) is 10.0 Å². The van der Waals surface area contributed by atoms with E-state index in [9.17, 15) is 22.0 Å². The molecule has 27 heavy (non-hydrogen) atoms. The molecule has 1 aliphatic heterocycles. The van der Waals surface area contributed by atoms with Gasteiger partial charge in [0.15, 0.2) is 11.6 Å². The van der Waals surface area contributed by atoms with Crippen molar-refractivity contribution in [2.24, 2.45) is 0 Å². The van der Waals surface area contributed by atoms with E-state index in [0.29, 0.717) is 19.2 Å². The predicted octanol–water partition coefficient (Wildman–Crippen LogP) is 4.05. The van der Waals surface area contributed by atoms with Crippen LogP contribution >= 0.6 is 11.6 Å². The van der Waals surface area contributed by atoms with Gasteiger partial charge in [0.1, 0.15) is 0 Å². The van der Waals surface area contributed by atoms with Gasteiger partial charge in [0.2, 0.25) is 0 Å². The van der Waals surface area contributed by atoms with Crippen molar-refractivity contribution in [3.05, 3.63) is 58.6 Å². The first-order valence-electron chi connectivity index (χ1n) is 8.34. The number of hydrogen-bond donors (Lipinski definition) is 1. The number of carbonyl (C=O) groups excluding carboxylic acids is 1. The summed E-state index contributed by atoms with van der Waals surface area (Å²) in [6.07, 6.45) is 2.81. The lowest BCUT2D eigenvalue weighted by Gasteiger charge is -2.27. The summed E-state index contributed by atoms with van der Waals surface area (Å²) in [5, 5.41) is 0.230. The van der Waals surface area contributed by atoms with Gasteiger partial charge in [-0.1, -0.05) is 11.6 Å². The van der Waals surface area contributed by atoms with Crippen molar-refractivity contribution in [2.45, 2.75) is 24.2 Å². The minimum atomic E-state index is -4.24. The Morgan fingerprint density at radius 1 is 1.00 bits per heavy atom. The van der Waals surface area contributed by atoms with Gasteiger partial charge >= 0.3 is 0 Å². The number of nitrogens with one attached hydrogen (secondary N) is 1. The minimum Gasteiger partial charge on any atom is -0.339 e. The normalized spacial score (nSPS) is 14.9. The van der Waals surface area contributed by atoms with Gasteiger partial charge in [-0.3, -0.25) is 9.52 Å². The average Bonchev–Trinajstić information content (AvgIpc) is 2.64. The van der Waals surface area contributed by atoms with Crippen LogP contribution in [0.25, 0.3) is 0 Å². The summed E-state index contributed by atoms with van der Waals surface area (Å²) in [7, 11) is -4.24. The molecule has 2 aromatic rings. The van der Waals surface area contributed by atoms with Crippen LogP contribution in [0.4, 0.5) is 14.5 Å². The molecule has 1 amide bonds. The maximum atomic E-state index is 13.4. The molecule has 1 fully saturated rings. The number of nitrogens with zero attached hydrogens (tertiary/aromatic N) is 1. The highest BCUT2D eigenvalue weighted by Crippen LogP contribution is 2.27. The third-order valence-corrected chi connectivity index (χ3v) is 5.90. The lowest BCUT2D eigenvalue weighted by Crippen LogP contribution is -2.36. The van der Waals surface area contributed by atoms with E-state index in [0.717, 1.165) is 31.4 Å². The summed E-state index contributed by atoms with van der Waals surface area (Å²) in [6.45, 7) is 1.19. The molecule has 2 aromatic carbocycles. The van der Waals surface area contributed by atoms with E-state index in [-0.39, 0.29) is 22.2 Å². The largest absolute Gasteiger partial charge is 0.339 e. The van der Waals surface area contributed by atoms with E-state index >= 15 is 0 Å². The Bertz CT molecular complexity index is 977. The summed E-state index contributed by atoms with van der Waals surface area (Å²) >= 11 is 5.96. The van der Waals surface area contributed by atoms with Crippen molar-refractivity contribution in [3.8, 4) is 0 Å². The molecule has 0 aliphatic carbocycles. The van der Waals surface area contributed by atoms with Crippen LogP contribution in [-0.4, -0.2) is 32.3 Å². The molecular formula is C18H17ClF2N2O3S. The monoisotopic (exact) mass is 414 g/mol. The van der Waals surface area contributed by atoms with Gasteiger partial charge in [0.05, 0.1) is 16.1 Å². The van der Waals surface area contributed by atoms with Gasteiger partial charge in [-0.15, -0.1) is 0 Å². The van der Waals surface area contributed by atoms with Crippen LogP contribution in [0.3, 0.4) is 0 Å². The first-order valence-corrected chi connectivity index (χ1v) is 10.2. The van der Waals surface area contributed by atoms with Crippen LogP contribution in [0.2, 0.25) is 5.02 Å². The zero-order valence-electron chi connectivity index (χ0n) is 14.2. The molecule has 9 heteroatoms. The maximum absolute atomic E-state index is 13.4.